The number of amides is 6. The quantitative estimate of drug-likeness (QED) is 0.129. The van der Waals surface area contributed by atoms with Crippen LogP contribution in [0.1, 0.15) is 64.5 Å². The summed E-state index contributed by atoms with van der Waals surface area (Å²) in [5.41, 5.74) is 0.226. The molecule has 0 unspecified atom stereocenters. The van der Waals surface area contributed by atoms with Gasteiger partial charge in [-0.2, -0.15) is 0 Å². The van der Waals surface area contributed by atoms with Crippen molar-refractivity contribution in [2.75, 3.05) is 42.8 Å². The van der Waals surface area contributed by atoms with Gasteiger partial charge in [-0.1, -0.05) is 24.3 Å². The van der Waals surface area contributed by atoms with Crippen molar-refractivity contribution in [3.63, 3.8) is 0 Å². The summed E-state index contributed by atoms with van der Waals surface area (Å²) in [5.74, 6) is -2.41. The van der Waals surface area contributed by atoms with E-state index in [0.717, 1.165) is 31.0 Å². The molecular formula is C44H56FN7O10. The van der Waals surface area contributed by atoms with E-state index in [1.165, 1.54) is 49.6 Å². The zero-order valence-electron chi connectivity index (χ0n) is 35.8. The van der Waals surface area contributed by atoms with Gasteiger partial charge in [0, 0.05) is 43.2 Å². The summed E-state index contributed by atoms with van der Waals surface area (Å²) < 4.78 is 23.2. The zero-order chi connectivity index (χ0) is 45.4. The maximum Gasteiger partial charge on any atom is 0.407 e. The summed E-state index contributed by atoms with van der Waals surface area (Å²) in [7, 11) is 2.29. The predicted octanol–water partition coefficient (Wildman–Crippen LogP) is 3.88. The third kappa shape index (κ3) is 12.0. The summed E-state index contributed by atoms with van der Waals surface area (Å²) in [6.07, 6.45) is 0.138. The number of aliphatic hydroxyl groups is 2. The van der Waals surface area contributed by atoms with Gasteiger partial charge in [0.1, 0.15) is 30.0 Å². The van der Waals surface area contributed by atoms with Crippen LogP contribution in [0.5, 0.6) is 0 Å². The van der Waals surface area contributed by atoms with Crippen molar-refractivity contribution >= 4 is 52.9 Å². The van der Waals surface area contributed by atoms with Crippen LogP contribution in [0, 0.1) is 5.82 Å². The fourth-order valence-electron chi connectivity index (χ4n) is 7.54. The van der Waals surface area contributed by atoms with E-state index < -0.39 is 71.2 Å². The molecular weight excluding hydrogens is 806 g/mol. The van der Waals surface area contributed by atoms with Crippen LogP contribution in [0.25, 0.3) is 0 Å². The Morgan fingerprint density at radius 3 is 1.37 bits per heavy atom. The van der Waals surface area contributed by atoms with Gasteiger partial charge in [0.05, 0.1) is 25.4 Å². The van der Waals surface area contributed by atoms with Crippen molar-refractivity contribution in [2.24, 2.45) is 0 Å². The topological polar surface area (TPSA) is 219 Å². The molecule has 17 nitrogen and oxygen atoms in total. The highest BCUT2D eigenvalue weighted by molar-refractivity contribution is 6.00. The molecule has 5 rings (SSSR count). The molecule has 0 aromatic heterocycles. The second-order valence-corrected chi connectivity index (χ2v) is 16.5. The van der Waals surface area contributed by atoms with Gasteiger partial charge in [0.15, 0.2) is 0 Å². The highest BCUT2D eigenvalue weighted by Gasteiger charge is 2.44. The Hall–Kier alpha value is -6.27. The molecule has 6 N–H and O–H groups in total. The van der Waals surface area contributed by atoms with Gasteiger partial charge in [-0.15, -0.1) is 0 Å². The number of likely N-dealkylation sites (tertiary alicyclic amines) is 2. The van der Waals surface area contributed by atoms with Gasteiger partial charge >= 0.3 is 12.2 Å². The molecule has 62 heavy (non-hydrogen) atoms. The van der Waals surface area contributed by atoms with E-state index in [9.17, 15) is 43.4 Å². The lowest BCUT2D eigenvalue weighted by Gasteiger charge is -2.34. The minimum atomic E-state index is -1.63. The number of carbonyl (C=O) groups excluding carboxylic acids is 6. The van der Waals surface area contributed by atoms with Crippen molar-refractivity contribution in [3.05, 3.63) is 89.7 Å². The molecule has 0 bridgehead atoms. The van der Waals surface area contributed by atoms with E-state index in [0.29, 0.717) is 50.1 Å². The highest BCUT2D eigenvalue weighted by Crippen LogP contribution is 2.27. The molecule has 2 heterocycles. The number of benzene rings is 3. The summed E-state index contributed by atoms with van der Waals surface area (Å²) in [5, 5.41) is 31.8. The highest BCUT2D eigenvalue weighted by atomic mass is 19.1. The molecule has 2 aliphatic rings. The molecule has 0 radical (unpaired) electrons. The maximum absolute atomic E-state index is 14.0. The summed E-state index contributed by atoms with van der Waals surface area (Å²) >= 11 is 0. The first kappa shape index (κ1) is 46.8. The SMILES string of the molecule is COC(=O)N[C@H](C(=O)N1CCC[C@H]1C(=O)Nc1ccc(CN(Cc2ccc(NC(=O)[C@@H]3CCCN3C(=O)[C@@H](NC(=O)OC)C(C)(C)O)cc2)c2ccc(F)cc2)cc1)C(C)(C)O. The van der Waals surface area contributed by atoms with Gasteiger partial charge in [0.2, 0.25) is 23.6 Å². The van der Waals surface area contributed by atoms with E-state index in [-0.39, 0.29) is 18.9 Å². The number of methoxy groups -OCH3 is 2. The third-order valence-electron chi connectivity index (χ3n) is 10.9. The number of hydrogen-bond donors (Lipinski definition) is 6. The number of carbonyl (C=O) groups is 6. The predicted molar refractivity (Wildman–Crippen MR) is 227 cm³/mol. The molecule has 2 aliphatic heterocycles. The third-order valence-corrected chi connectivity index (χ3v) is 10.9. The molecule has 0 aliphatic carbocycles. The van der Waals surface area contributed by atoms with E-state index in [1.54, 1.807) is 36.4 Å². The first-order valence-corrected chi connectivity index (χ1v) is 20.3. The van der Waals surface area contributed by atoms with E-state index in [1.807, 2.05) is 29.2 Å². The number of nitrogens with zero attached hydrogens (tertiary/aromatic N) is 3. The largest absolute Gasteiger partial charge is 0.453 e. The Balaban J connectivity index is 1.23. The van der Waals surface area contributed by atoms with Crippen molar-refractivity contribution < 1.29 is 52.8 Å². The molecule has 6 amide bonds. The number of rotatable bonds is 15. The number of alkyl carbamates (subject to hydrolysis) is 2. The van der Waals surface area contributed by atoms with Gasteiger partial charge < -0.3 is 55.7 Å². The fourth-order valence-corrected chi connectivity index (χ4v) is 7.54. The Morgan fingerprint density at radius 2 is 1.03 bits per heavy atom. The molecule has 18 heteroatoms. The first-order chi connectivity index (χ1) is 29.3. The Morgan fingerprint density at radius 1 is 0.661 bits per heavy atom. The van der Waals surface area contributed by atoms with Crippen LogP contribution in [-0.4, -0.2) is 119 Å². The van der Waals surface area contributed by atoms with Gasteiger partial charge in [0.25, 0.3) is 0 Å². The molecule has 2 fully saturated rings. The van der Waals surface area contributed by atoms with Crippen LogP contribution in [0.2, 0.25) is 0 Å². The second-order valence-electron chi connectivity index (χ2n) is 16.5. The van der Waals surface area contributed by atoms with Crippen molar-refractivity contribution in [1.29, 1.82) is 0 Å². The number of ether oxygens (including phenoxy) is 2. The Labute approximate surface area is 359 Å². The second kappa shape index (κ2) is 20.1. The summed E-state index contributed by atoms with van der Waals surface area (Å²) in [4.78, 5) is 82.5. The van der Waals surface area contributed by atoms with Crippen LogP contribution in [0.4, 0.5) is 31.0 Å². The van der Waals surface area contributed by atoms with Crippen molar-refractivity contribution in [1.82, 2.24) is 20.4 Å². The van der Waals surface area contributed by atoms with Gasteiger partial charge in [-0.3, -0.25) is 19.2 Å². The number of nitrogens with one attached hydrogen (secondary N) is 4. The molecule has 3 aromatic carbocycles. The monoisotopic (exact) mass is 861 g/mol. The minimum absolute atomic E-state index is 0.271. The van der Waals surface area contributed by atoms with Gasteiger partial charge in [-0.05, 0) is 113 Å². The molecule has 2 saturated heterocycles. The smallest absolute Gasteiger partial charge is 0.407 e. The van der Waals surface area contributed by atoms with Crippen LogP contribution in [-0.2, 0) is 41.7 Å². The lowest BCUT2D eigenvalue weighted by Crippen LogP contribution is -2.60. The van der Waals surface area contributed by atoms with Gasteiger partial charge in [-0.25, -0.2) is 14.0 Å². The number of anilines is 3. The van der Waals surface area contributed by atoms with Crippen LogP contribution in [0.3, 0.4) is 0 Å². The lowest BCUT2D eigenvalue weighted by molar-refractivity contribution is -0.143. The molecule has 0 spiro atoms. The lowest BCUT2D eigenvalue weighted by atomic mass is 9.97. The van der Waals surface area contributed by atoms with E-state index >= 15 is 0 Å². The van der Waals surface area contributed by atoms with Crippen LogP contribution < -0.4 is 26.2 Å². The number of halogens is 1. The van der Waals surface area contributed by atoms with Crippen LogP contribution >= 0.6 is 0 Å². The van der Waals surface area contributed by atoms with E-state index in [2.05, 4.69) is 30.7 Å². The first-order valence-electron chi connectivity index (χ1n) is 20.3. The summed E-state index contributed by atoms with van der Waals surface area (Å²) in [6.45, 7) is 6.89. The Bertz CT molecular complexity index is 1950. The maximum atomic E-state index is 14.0. The molecule has 334 valence electrons. The normalized spacial score (nSPS) is 17.4. The standard InChI is InChI=1S/C44H56FN7O10/c1-43(2,59)35(48-41(57)61-5)39(55)51-23-7-9-33(51)37(53)46-30-17-11-27(12-18-30)25-50(32-21-15-29(45)16-22-32)26-28-13-19-31(20-14-28)47-38(54)34-10-8-24-52(34)40(56)36(44(3,4)60)49-42(58)62-6/h11-22,33-36,59-60H,7-10,23-26H2,1-6H3,(H,46,53)(H,47,54)(H,48,57)(H,49,58)/t33-,34-,35+,36+/m0/s1. The van der Waals surface area contributed by atoms with Crippen LogP contribution in [0.15, 0.2) is 72.8 Å². The van der Waals surface area contributed by atoms with Crippen molar-refractivity contribution in [3.8, 4) is 0 Å². The minimum Gasteiger partial charge on any atom is -0.453 e. The van der Waals surface area contributed by atoms with E-state index in [4.69, 9.17) is 0 Å². The average molecular weight is 862 g/mol. The van der Waals surface area contributed by atoms with Crippen molar-refractivity contribution in [2.45, 2.75) is 102 Å². The zero-order valence-corrected chi connectivity index (χ0v) is 35.8. The molecule has 4 atom stereocenters. The average Bonchev–Trinajstić information content (AvgIpc) is 3.93. The molecule has 3 aromatic rings. The molecule has 0 saturated carbocycles. The fraction of sp³-hybridized carbons (Fsp3) is 0.455. The Kier molecular flexibility index (Phi) is 15.1. The summed E-state index contributed by atoms with van der Waals surface area (Å²) in [6, 6.07) is 16.1. The number of hydrogen-bond acceptors (Lipinski definition) is 11.